The fourth-order valence-corrected chi connectivity index (χ4v) is 2.84. The summed E-state index contributed by atoms with van der Waals surface area (Å²) in [6, 6.07) is 10.8. The van der Waals surface area contributed by atoms with E-state index in [4.69, 9.17) is 9.73 Å². The number of benzene rings is 2. The smallest absolute Gasteiger partial charge is 0.195 e. The highest BCUT2D eigenvalue weighted by Crippen LogP contribution is 2.35. The van der Waals surface area contributed by atoms with E-state index in [1.54, 1.807) is 6.07 Å². The topological polar surface area (TPSA) is 33.6 Å². The molecule has 0 spiro atoms. The molecule has 0 saturated heterocycles. The van der Waals surface area contributed by atoms with Gasteiger partial charge in [0, 0.05) is 29.4 Å². The minimum atomic E-state index is -0.659. The minimum Gasteiger partial charge on any atom is -0.466 e. The lowest BCUT2D eigenvalue weighted by Gasteiger charge is -2.31. The van der Waals surface area contributed by atoms with Crippen LogP contribution in [-0.4, -0.2) is 18.0 Å². The highest BCUT2D eigenvalue weighted by molar-refractivity contribution is 6.16. The molecule has 3 rings (SSSR count). The fraction of sp³-hybridized carbons (Fsp3) is 0.316. The maximum atomic E-state index is 13.4. The Kier molecular flexibility index (Phi) is 3.84. The third-order valence-corrected chi connectivity index (χ3v) is 3.80. The van der Waals surface area contributed by atoms with Gasteiger partial charge in [0.1, 0.15) is 11.6 Å². The second kappa shape index (κ2) is 5.69. The van der Waals surface area contributed by atoms with Gasteiger partial charge in [0.15, 0.2) is 5.72 Å². The molecule has 120 valence electrons. The van der Waals surface area contributed by atoms with Crippen LogP contribution in [0.4, 0.5) is 10.1 Å². The predicted octanol–water partition coefficient (Wildman–Crippen LogP) is 4.53. The van der Waals surface area contributed by atoms with Crippen molar-refractivity contribution in [3.63, 3.8) is 0 Å². The fourth-order valence-electron chi connectivity index (χ4n) is 2.84. The van der Waals surface area contributed by atoms with Crippen molar-refractivity contribution in [3.05, 3.63) is 58.9 Å². The van der Waals surface area contributed by atoms with Crippen LogP contribution in [0.3, 0.4) is 0 Å². The summed E-state index contributed by atoms with van der Waals surface area (Å²) in [5.74, 6) is 0.558. The summed E-state index contributed by atoms with van der Waals surface area (Å²) < 4.78 is 19.4. The Labute approximate surface area is 136 Å². The lowest BCUT2D eigenvalue weighted by molar-refractivity contribution is 0.115. The van der Waals surface area contributed by atoms with Gasteiger partial charge in [-0.2, -0.15) is 0 Å². The highest BCUT2D eigenvalue weighted by atomic mass is 19.1. The molecule has 0 amide bonds. The molecule has 1 heterocycles. The predicted molar refractivity (Wildman–Crippen MR) is 92.1 cm³/mol. The zero-order chi connectivity index (χ0) is 16.6. The van der Waals surface area contributed by atoms with Gasteiger partial charge in [-0.1, -0.05) is 0 Å². The molecule has 2 aromatic rings. The maximum absolute atomic E-state index is 13.4. The third-order valence-electron chi connectivity index (χ3n) is 3.80. The zero-order valence-electron chi connectivity index (χ0n) is 13.9. The molecule has 4 heteroatoms. The normalized spacial score (nSPS) is 15.4. The van der Waals surface area contributed by atoms with Crippen LogP contribution in [0.2, 0.25) is 0 Å². The molecule has 0 bridgehead atoms. The molecule has 1 aliphatic heterocycles. The van der Waals surface area contributed by atoms with Crippen LogP contribution in [0.15, 0.2) is 41.4 Å². The van der Waals surface area contributed by atoms with Crippen LogP contribution in [-0.2, 0) is 0 Å². The average molecular weight is 312 g/mol. The molecule has 0 aromatic heterocycles. The molecule has 2 aromatic carbocycles. The molecule has 1 N–H and O–H groups in total. The quantitative estimate of drug-likeness (QED) is 0.903. The number of nitrogens with zero attached hydrogens (tertiary/aromatic N) is 1. The minimum absolute atomic E-state index is 0.235. The van der Waals surface area contributed by atoms with Crippen LogP contribution in [0, 0.1) is 12.7 Å². The summed E-state index contributed by atoms with van der Waals surface area (Å²) >= 11 is 0. The van der Waals surface area contributed by atoms with Gasteiger partial charge in [-0.3, -0.25) is 0 Å². The monoisotopic (exact) mass is 312 g/mol. The molecule has 0 saturated carbocycles. The first-order chi connectivity index (χ1) is 10.9. The summed E-state index contributed by atoms with van der Waals surface area (Å²) in [4.78, 5) is 4.74. The van der Waals surface area contributed by atoms with Crippen LogP contribution in [0.5, 0.6) is 5.75 Å². The van der Waals surface area contributed by atoms with E-state index >= 15 is 0 Å². The van der Waals surface area contributed by atoms with E-state index < -0.39 is 5.72 Å². The van der Waals surface area contributed by atoms with Crippen molar-refractivity contribution < 1.29 is 9.13 Å². The number of hydrogen-bond donors (Lipinski definition) is 1. The number of aliphatic imine (C=N–C) groups is 1. The number of ether oxygens (including phenoxy) is 1. The van der Waals surface area contributed by atoms with Gasteiger partial charge in [-0.05, 0) is 63.6 Å². The van der Waals surface area contributed by atoms with Crippen molar-refractivity contribution in [2.45, 2.75) is 33.4 Å². The first kappa shape index (κ1) is 15.5. The van der Waals surface area contributed by atoms with Gasteiger partial charge in [0.05, 0.1) is 5.71 Å². The average Bonchev–Trinajstić information content (AvgIpc) is 2.45. The SMILES string of the molecule is CCNc1ccc2c(c1)OC(C)(C)N=C2c1ccc(F)cc1C. The van der Waals surface area contributed by atoms with Crippen LogP contribution in [0.1, 0.15) is 37.5 Å². The van der Waals surface area contributed by atoms with Crippen LogP contribution in [0.25, 0.3) is 0 Å². The number of halogens is 1. The third kappa shape index (κ3) is 3.07. The number of rotatable bonds is 3. The maximum Gasteiger partial charge on any atom is 0.195 e. The molecule has 0 radical (unpaired) electrons. The van der Waals surface area contributed by atoms with E-state index in [1.165, 1.54) is 12.1 Å². The van der Waals surface area contributed by atoms with Gasteiger partial charge >= 0.3 is 0 Å². The summed E-state index contributed by atoms with van der Waals surface area (Å²) in [6.45, 7) is 8.65. The summed E-state index contributed by atoms with van der Waals surface area (Å²) in [6.07, 6.45) is 0. The van der Waals surface area contributed by atoms with Gasteiger partial charge in [-0.25, -0.2) is 9.38 Å². The summed E-state index contributed by atoms with van der Waals surface area (Å²) in [5.41, 5.74) is 3.92. The first-order valence-corrected chi connectivity index (χ1v) is 7.83. The second-order valence-electron chi connectivity index (χ2n) is 6.21. The number of fused-ring (bicyclic) bond motifs is 1. The van der Waals surface area contributed by atoms with Crippen molar-refractivity contribution in [1.29, 1.82) is 0 Å². The van der Waals surface area contributed by atoms with Crippen molar-refractivity contribution in [2.75, 3.05) is 11.9 Å². The van der Waals surface area contributed by atoms with Crippen molar-refractivity contribution in [3.8, 4) is 5.75 Å². The molecule has 23 heavy (non-hydrogen) atoms. The lowest BCUT2D eigenvalue weighted by atomic mass is 9.95. The molecule has 0 unspecified atom stereocenters. The summed E-state index contributed by atoms with van der Waals surface area (Å²) in [7, 11) is 0. The van der Waals surface area contributed by atoms with Crippen molar-refractivity contribution in [2.24, 2.45) is 4.99 Å². The molecule has 0 atom stereocenters. The first-order valence-electron chi connectivity index (χ1n) is 7.83. The largest absolute Gasteiger partial charge is 0.466 e. The van der Waals surface area contributed by atoms with Crippen LogP contribution < -0.4 is 10.1 Å². The highest BCUT2D eigenvalue weighted by Gasteiger charge is 2.29. The van der Waals surface area contributed by atoms with E-state index in [2.05, 4.69) is 12.2 Å². The Morgan fingerprint density at radius 1 is 1.13 bits per heavy atom. The molecular formula is C19H21FN2O. The van der Waals surface area contributed by atoms with Gasteiger partial charge in [0.2, 0.25) is 0 Å². The number of nitrogens with one attached hydrogen (secondary N) is 1. The molecule has 3 nitrogen and oxygen atoms in total. The van der Waals surface area contributed by atoms with Crippen LogP contribution >= 0.6 is 0 Å². The van der Waals surface area contributed by atoms with E-state index in [0.29, 0.717) is 0 Å². The standard InChI is InChI=1S/C19H21FN2O/c1-5-21-14-7-9-16-17(11-14)23-19(3,4)22-18(16)15-8-6-13(20)10-12(15)2/h6-11,21H,5H2,1-4H3. The number of anilines is 1. The van der Waals surface area contributed by atoms with E-state index in [0.717, 1.165) is 40.4 Å². The Balaban J connectivity index is 2.15. The van der Waals surface area contributed by atoms with Gasteiger partial charge in [0.25, 0.3) is 0 Å². The zero-order valence-corrected chi connectivity index (χ0v) is 13.9. The second-order valence-corrected chi connectivity index (χ2v) is 6.21. The molecule has 0 aliphatic carbocycles. The summed E-state index contributed by atoms with van der Waals surface area (Å²) in [5, 5.41) is 3.29. The van der Waals surface area contributed by atoms with Gasteiger partial charge < -0.3 is 10.1 Å². The number of hydrogen-bond acceptors (Lipinski definition) is 3. The van der Waals surface area contributed by atoms with E-state index in [9.17, 15) is 4.39 Å². The Bertz CT molecular complexity index is 781. The van der Waals surface area contributed by atoms with Gasteiger partial charge in [-0.15, -0.1) is 0 Å². The van der Waals surface area contributed by atoms with Crippen molar-refractivity contribution in [1.82, 2.24) is 0 Å². The Hall–Kier alpha value is -2.36. The van der Waals surface area contributed by atoms with E-state index in [-0.39, 0.29) is 5.82 Å². The lowest BCUT2D eigenvalue weighted by Crippen LogP contribution is -2.32. The number of aryl methyl sites for hydroxylation is 1. The Morgan fingerprint density at radius 3 is 2.57 bits per heavy atom. The molecule has 0 fully saturated rings. The van der Waals surface area contributed by atoms with Crippen molar-refractivity contribution >= 4 is 11.4 Å². The molecular weight excluding hydrogens is 291 g/mol. The molecule has 1 aliphatic rings. The Morgan fingerprint density at radius 2 is 1.87 bits per heavy atom. The van der Waals surface area contributed by atoms with E-state index in [1.807, 2.05) is 39.0 Å².